The Morgan fingerprint density at radius 2 is 1.83 bits per heavy atom. The minimum atomic E-state index is 0.219. The number of benzene rings is 1. The summed E-state index contributed by atoms with van der Waals surface area (Å²) in [6.07, 6.45) is 3.20. The zero-order chi connectivity index (χ0) is 16.7. The summed E-state index contributed by atoms with van der Waals surface area (Å²) in [6, 6.07) is 6.12. The molecule has 1 aromatic rings. The smallest absolute Gasteiger partial charge is 0.222 e. The molecule has 23 heavy (non-hydrogen) atoms. The molecule has 0 radical (unpaired) electrons. The highest BCUT2D eigenvalue weighted by molar-refractivity contribution is 5.76. The van der Waals surface area contributed by atoms with Crippen LogP contribution in [0.5, 0.6) is 11.5 Å². The second kappa shape index (κ2) is 8.62. The van der Waals surface area contributed by atoms with E-state index in [9.17, 15) is 4.79 Å². The molecule has 1 aliphatic heterocycles. The lowest BCUT2D eigenvalue weighted by atomic mass is 10.0. The zero-order valence-corrected chi connectivity index (χ0v) is 14.0. The molecule has 0 unspecified atom stereocenters. The van der Waals surface area contributed by atoms with Gasteiger partial charge in [-0.25, -0.2) is 0 Å². The summed E-state index contributed by atoms with van der Waals surface area (Å²) in [5.74, 6) is 1.75. The predicted octanol–water partition coefficient (Wildman–Crippen LogP) is 1.85. The number of rotatable bonds is 7. The third-order valence-corrected chi connectivity index (χ3v) is 4.16. The second-order valence-electron chi connectivity index (χ2n) is 5.79. The van der Waals surface area contributed by atoms with Crippen molar-refractivity contribution in [1.29, 1.82) is 0 Å². The Morgan fingerprint density at radius 3 is 2.35 bits per heavy atom. The van der Waals surface area contributed by atoms with Gasteiger partial charge in [-0.05, 0) is 25.8 Å². The van der Waals surface area contributed by atoms with Crippen molar-refractivity contribution in [2.24, 2.45) is 5.73 Å². The van der Waals surface area contributed by atoms with E-state index in [0.29, 0.717) is 19.0 Å². The van der Waals surface area contributed by atoms with E-state index < -0.39 is 0 Å². The molecule has 3 N–H and O–H groups in total. The molecule has 0 atom stereocenters. The fourth-order valence-electron chi connectivity index (χ4n) is 2.81. The topological polar surface area (TPSA) is 76.8 Å². The van der Waals surface area contributed by atoms with Crippen LogP contribution >= 0.6 is 0 Å². The van der Waals surface area contributed by atoms with E-state index in [4.69, 9.17) is 15.2 Å². The minimum absolute atomic E-state index is 0.219. The van der Waals surface area contributed by atoms with Crippen LogP contribution in [-0.2, 0) is 4.79 Å². The maximum Gasteiger partial charge on any atom is 0.222 e. The van der Waals surface area contributed by atoms with Crippen molar-refractivity contribution in [1.82, 2.24) is 4.90 Å². The molecule has 0 aliphatic carbocycles. The number of nitrogens with one attached hydrogen (secondary N) is 1. The van der Waals surface area contributed by atoms with Crippen molar-refractivity contribution in [3.05, 3.63) is 18.2 Å². The van der Waals surface area contributed by atoms with E-state index in [-0.39, 0.29) is 5.91 Å². The van der Waals surface area contributed by atoms with Crippen LogP contribution in [-0.4, -0.2) is 50.7 Å². The summed E-state index contributed by atoms with van der Waals surface area (Å²) >= 11 is 0. The Kier molecular flexibility index (Phi) is 6.52. The number of anilines is 1. The van der Waals surface area contributed by atoms with Crippen molar-refractivity contribution in [3.8, 4) is 11.5 Å². The Morgan fingerprint density at radius 1 is 1.22 bits per heavy atom. The second-order valence-corrected chi connectivity index (χ2v) is 5.79. The third kappa shape index (κ3) is 5.03. The average molecular weight is 321 g/mol. The highest BCUT2D eigenvalue weighted by atomic mass is 16.5. The van der Waals surface area contributed by atoms with Gasteiger partial charge >= 0.3 is 0 Å². The van der Waals surface area contributed by atoms with E-state index in [1.165, 1.54) is 0 Å². The molecule has 0 aromatic heterocycles. The van der Waals surface area contributed by atoms with Crippen molar-refractivity contribution in [2.75, 3.05) is 39.2 Å². The largest absolute Gasteiger partial charge is 0.497 e. The summed E-state index contributed by atoms with van der Waals surface area (Å²) in [7, 11) is 3.29. The van der Waals surface area contributed by atoms with E-state index in [1.54, 1.807) is 14.2 Å². The predicted molar refractivity (Wildman–Crippen MR) is 91.1 cm³/mol. The molecule has 1 heterocycles. The van der Waals surface area contributed by atoms with Gasteiger partial charge < -0.3 is 25.4 Å². The molecule has 128 valence electrons. The lowest BCUT2D eigenvalue weighted by Gasteiger charge is -2.33. The maximum atomic E-state index is 12.0. The number of carbonyl (C=O) groups is 1. The van der Waals surface area contributed by atoms with Gasteiger partial charge in [-0.3, -0.25) is 4.79 Å². The van der Waals surface area contributed by atoms with Gasteiger partial charge in [0.15, 0.2) is 0 Å². The first-order valence-corrected chi connectivity index (χ1v) is 8.13. The van der Waals surface area contributed by atoms with E-state index in [0.717, 1.165) is 49.5 Å². The van der Waals surface area contributed by atoms with Crippen LogP contribution < -0.4 is 20.5 Å². The van der Waals surface area contributed by atoms with Crippen molar-refractivity contribution in [3.63, 3.8) is 0 Å². The highest BCUT2D eigenvalue weighted by Gasteiger charge is 2.22. The monoisotopic (exact) mass is 321 g/mol. The fraction of sp³-hybridized carbons (Fsp3) is 0.588. The Labute approximate surface area is 137 Å². The Balaban J connectivity index is 1.88. The van der Waals surface area contributed by atoms with Gasteiger partial charge in [0.25, 0.3) is 0 Å². The van der Waals surface area contributed by atoms with Crippen molar-refractivity contribution < 1.29 is 14.3 Å². The van der Waals surface area contributed by atoms with Gasteiger partial charge in [0, 0.05) is 49.4 Å². The summed E-state index contributed by atoms with van der Waals surface area (Å²) in [6.45, 7) is 2.16. The van der Waals surface area contributed by atoms with Crippen molar-refractivity contribution >= 4 is 11.6 Å². The van der Waals surface area contributed by atoms with Crippen LogP contribution in [0.3, 0.4) is 0 Å². The SMILES string of the molecule is COc1cc(NC2CCN(C(=O)CCCN)CC2)cc(OC)c1. The van der Waals surface area contributed by atoms with Gasteiger partial charge in [0.1, 0.15) is 11.5 Å². The van der Waals surface area contributed by atoms with Crippen LogP contribution in [0, 0.1) is 0 Å². The summed E-state index contributed by atoms with van der Waals surface area (Å²) in [4.78, 5) is 14.0. The molecule has 1 aliphatic rings. The van der Waals surface area contributed by atoms with Gasteiger partial charge in [-0.15, -0.1) is 0 Å². The molecule has 1 saturated heterocycles. The molecule has 0 spiro atoms. The number of amides is 1. The number of nitrogens with zero attached hydrogens (tertiary/aromatic N) is 1. The van der Waals surface area contributed by atoms with E-state index in [1.807, 2.05) is 23.1 Å². The molecule has 0 bridgehead atoms. The molecular formula is C17H27N3O3. The van der Waals surface area contributed by atoms with E-state index in [2.05, 4.69) is 5.32 Å². The van der Waals surface area contributed by atoms with Crippen LogP contribution in [0.1, 0.15) is 25.7 Å². The maximum absolute atomic E-state index is 12.0. The quantitative estimate of drug-likeness (QED) is 0.801. The standard InChI is InChI=1S/C17H27N3O3/c1-22-15-10-14(11-16(12-15)23-2)19-13-5-8-20(9-6-13)17(21)4-3-7-18/h10-13,19H,3-9,18H2,1-2H3. The molecule has 6 heteroatoms. The summed E-state index contributed by atoms with van der Waals surface area (Å²) in [5.41, 5.74) is 6.44. The van der Waals surface area contributed by atoms with Gasteiger partial charge in [-0.1, -0.05) is 0 Å². The van der Waals surface area contributed by atoms with Crippen LogP contribution in [0.4, 0.5) is 5.69 Å². The first-order chi connectivity index (χ1) is 11.2. The number of hydrogen-bond donors (Lipinski definition) is 2. The van der Waals surface area contributed by atoms with Crippen LogP contribution in [0.2, 0.25) is 0 Å². The number of nitrogens with two attached hydrogens (primary N) is 1. The van der Waals surface area contributed by atoms with E-state index >= 15 is 0 Å². The third-order valence-electron chi connectivity index (χ3n) is 4.16. The first kappa shape index (κ1) is 17.4. The number of methoxy groups -OCH3 is 2. The van der Waals surface area contributed by atoms with Crippen molar-refractivity contribution in [2.45, 2.75) is 31.7 Å². The van der Waals surface area contributed by atoms with Crippen LogP contribution in [0.25, 0.3) is 0 Å². The number of likely N-dealkylation sites (tertiary alicyclic amines) is 1. The van der Waals surface area contributed by atoms with Gasteiger partial charge in [0.05, 0.1) is 14.2 Å². The first-order valence-electron chi connectivity index (χ1n) is 8.13. The lowest BCUT2D eigenvalue weighted by molar-refractivity contribution is -0.132. The Hall–Kier alpha value is -1.95. The normalized spacial score (nSPS) is 15.3. The molecule has 6 nitrogen and oxygen atoms in total. The minimum Gasteiger partial charge on any atom is -0.497 e. The number of carbonyl (C=O) groups excluding carboxylic acids is 1. The Bertz CT molecular complexity index is 492. The highest BCUT2D eigenvalue weighted by Crippen LogP contribution is 2.27. The zero-order valence-electron chi connectivity index (χ0n) is 14.0. The summed E-state index contributed by atoms with van der Waals surface area (Å²) < 4.78 is 10.6. The summed E-state index contributed by atoms with van der Waals surface area (Å²) in [5, 5.41) is 3.51. The number of hydrogen-bond acceptors (Lipinski definition) is 5. The lowest BCUT2D eigenvalue weighted by Crippen LogP contribution is -2.42. The molecule has 1 fully saturated rings. The molecule has 1 aromatic carbocycles. The van der Waals surface area contributed by atoms with Crippen LogP contribution in [0.15, 0.2) is 18.2 Å². The average Bonchev–Trinajstić information content (AvgIpc) is 2.59. The fourth-order valence-corrected chi connectivity index (χ4v) is 2.81. The van der Waals surface area contributed by atoms with Gasteiger partial charge in [0.2, 0.25) is 5.91 Å². The molecule has 1 amide bonds. The molecular weight excluding hydrogens is 294 g/mol. The number of piperidine rings is 1. The van der Waals surface area contributed by atoms with Gasteiger partial charge in [-0.2, -0.15) is 0 Å². The number of ether oxygens (including phenoxy) is 2. The molecule has 2 rings (SSSR count). The molecule has 0 saturated carbocycles.